The molecular weight excluding hydrogens is 553 g/mol. The lowest BCUT2D eigenvalue weighted by atomic mass is 9.96. The fourth-order valence-electron chi connectivity index (χ4n) is 4.41. The van der Waals surface area contributed by atoms with Crippen molar-refractivity contribution in [2.24, 2.45) is 0 Å². The summed E-state index contributed by atoms with van der Waals surface area (Å²) in [6, 6.07) is 4.93. The molecule has 13 nitrogen and oxygen atoms in total. The van der Waals surface area contributed by atoms with E-state index >= 15 is 0 Å². The van der Waals surface area contributed by atoms with Crippen LogP contribution < -0.4 is 10.6 Å². The van der Waals surface area contributed by atoms with Gasteiger partial charge < -0.3 is 40.4 Å². The van der Waals surface area contributed by atoms with E-state index in [-0.39, 0.29) is 11.8 Å². The maximum Gasteiger partial charge on any atom is 0.336 e. The number of anilines is 2. The molecule has 4 rings (SSSR count). The van der Waals surface area contributed by atoms with Gasteiger partial charge in [0, 0.05) is 31.5 Å². The Morgan fingerprint density at radius 1 is 0.976 bits per heavy atom. The Morgan fingerprint density at radius 2 is 1.55 bits per heavy atom. The molecule has 2 amide bonds. The molecule has 0 saturated carbocycles. The maximum absolute atomic E-state index is 13.6. The molecule has 1 aromatic carbocycles. The number of carbonyl (C=O) groups excluding carboxylic acids is 1. The van der Waals surface area contributed by atoms with E-state index in [0.29, 0.717) is 12.2 Å². The number of carboxylic acid groups (broad SMARTS) is 3. The summed E-state index contributed by atoms with van der Waals surface area (Å²) in [6.45, 7) is 9.94. The molecule has 1 fully saturated rings. The molecule has 1 aliphatic rings. The van der Waals surface area contributed by atoms with E-state index in [0.717, 1.165) is 58.9 Å². The number of imidazole rings is 1. The van der Waals surface area contributed by atoms with Gasteiger partial charge in [-0.1, -0.05) is 0 Å². The number of carbonyl (C=O) groups is 4. The van der Waals surface area contributed by atoms with E-state index < -0.39 is 36.4 Å². The standard InChI is InChI=1S/C22H26FN5O.C6H8O7/c1-13-8-17(23)9-14(2)19(13)11-24-20-10-18(26-22(29)27-6-5-7-27)12-28-16(4)15(3)25-21(20)28;7-3(8)1-6(13,5(11)12)2-4(9)10/h8-10,12,24H,5-7,11H2,1-4H3,(H,26,29);13H,1-2H2,(H,7,8)(H,9,10)(H,11,12). The Bertz CT molecular complexity index is 1490. The number of aliphatic carboxylic acids is 3. The highest BCUT2D eigenvalue weighted by molar-refractivity contribution is 5.91. The van der Waals surface area contributed by atoms with Crippen molar-refractivity contribution >= 4 is 41.0 Å². The van der Waals surface area contributed by atoms with Crippen LogP contribution in [0.15, 0.2) is 24.4 Å². The molecule has 226 valence electrons. The smallest absolute Gasteiger partial charge is 0.336 e. The number of aryl methyl sites for hydroxylation is 4. The highest BCUT2D eigenvalue weighted by Gasteiger charge is 2.40. The number of rotatable bonds is 9. The van der Waals surface area contributed by atoms with Crippen LogP contribution >= 0.6 is 0 Å². The Hall–Kier alpha value is -4.72. The predicted octanol–water partition coefficient (Wildman–Crippen LogP) is 3.31. The number of aromatic nitrogens is 2. The minimum Gasteiger partial charge on any atom is -0.481 e. The summed E-state index contributed by atoms with van der Waals surface area (Å²) in [4.78, 5) is 49.3. The van der Waals surface area contributed by atoms with Gasteiger partial charge in [-0.2, -0.15) is 0 Å². The van der Waals surface area contributed by atoms with Crippen molar-refractivity contribution in [1.82, 2.24) is 14.3 Å². The molecule has 0 atom stereocenters. The highest BCUT2D eigenvalue weighted by atomic mass is 19.1. The molecule has 6 N–H and O–H groups in total. The number of halogens is 1. The first-order valence-corrected chi connectivity index (χ1v) is 13.1. The zero-order chi connectivity index (χ0) is 31.4. The Kier molecular flexibility index (Phi) is 9.73. The van der Waals surface area contributed by atoms with Crippen molar-refractivity contribution in [3.63, 3.8) is 0 Å². The second-order valence-corrected chi connectivity index (χ2v) is 10.2. The number of aliphatic hydroxyl groups is 1. The molecule has 0 radical (unpaired) electrons. The van der Waals surface area contributed by atoms with Gasteiger partial charge in [0.15, 0.2) is 11.2 Å². The first-order chi connectivity index (χ1) is 19.6. The van der Waals surface area contributed by atoms with Crippen LogP contribution in [0, 0.1) is 33.5 Å². The number of carboxylic acids is 3. The number of nitrogens with zero attached hydrogens (tertiary/aromatic N) is 3. The van der Waals surface area contributed by atoms with E-state index in [4.69, 9.17) is 20.4 Å². The molecule has 0 bridgehead atoms. The molecule has 3 heterocycles. The SMILES string of the molecule is Cc1cc(F)cc(C)c1CNc1cc(NC(=O)N2CCC2)cn2c(C)c(C)nc12.O=C(O)CC(O)(CC(=O)O)C(=O)O. The minimum absolute atomic E-state index is 0.0822. The van der Waals surface area contributed by atoms with E-state index in [1.165, 1.54) is 0 Å². The van der Waals surface area contributed by atoms with Gasteiger partial charge in [0.25, 0.3) is 0 Å². The van der Waals surface area contributed by atoms with Gasteiger partial charge in [0.1, 0.15) is 5.82 Å². The lowest BCUT2D eigenvalue weighted by Gasteiger charge is -2.30. The van der Waals surface area contributed by atoms with E-state index in [9.17, 15) is 23.6 Å². The zero-order valence-corrected chi connectivity index (χ0v) is 23.7. The van der Waals surface area contributed by atoms with E-state index in [1.54, 1.807) is 17.0 Å². The number of hydrogen-bond donors (Lipinski definition) is 6. The largest absolute Gasteiger partial charge is 0.481 e. The number of hydrogen-bond acceptors (Lipinski definition) is 7. The Balaban J connectivity index is 0.000000316. The molecular formula is C28H34FN5O8. The Morgan fingerprint density at radius 3 is 2.02 bits per heavy atom. The minimum atomic E-state index is -2.74. The van der Waals surface area contributed by atoms with Crippen LogP contribution in [0.5, 0.6) is 0 Å². The second kappa shape index (κ2) is 12.9. The van der Waals surface area contributed by atoms with E-state index in [2.05, 4.69) is 15.6 Å². The number of amides is 2. The van der Waals surface area contributed by atoms with Gasteiger partial charge >= 0.3 is 23.9 Å². The van der Waals surface area contributed by atoms with Gasteiger partial charge in [0.2, 0.25) is 0 Å². The number of benzene rings is 1. The first-order valence-electron chi connectivity index (χ1n) is 13.1. The quantitative estimate of drug-likeness (QED) is 0.216. The molecule has 3 aromatic rings. The summed E-state index contributed by atoms with van der Waals surface area (Å²) in [5, 5.41) is 40.2. The van der Waals surface area contributed by atoms with Crippen molar-refractivity contribution in [3.05, 3.63) is 58.3 Å². The molecule has 0 spiro atoms. The summed E-state index contributed by atoms with van der Waals surface area (Å²) < 4.78 is 15.6. The summed E-state index contributed by atoms with van der Waals surface area (Å²) in [5.74, 6) is -5.24. The third kappa shape index (κ3) is 7.51. The van der Waals surface area contributed by atoms with Crippen LogP contribution in [0.2, 0.25) is 0 Å². The summed E-state index contributed by atoms with van der Waals surface area (Å²) in [7, 11) is 0. The number of fused-ring (bicyclic) bond motifs is 1. The molecule has 1 saturated heterocycles. The van der Waals surface area contributed by atoms with Crippen molar-refractivity contribution in [2.75, 3.05) is 23.7 Å². The summed E-state index contributed by atoms with van der Waals surface area (Å²) in [5.41, 5.74) is 4.44. The van der Waals surface area contributed by atoms with Gasteiger partial charge in [-0.25, -0.2) is 19.0 Å². The van der Waals surface area contributed by atoms with Crippen molar-refractivity contribution < 1.29 is 44.0 Å². The average Bonchev–Trinajstić information content (AvgIpc) is 3.10. The van der Waals surface area contributed by atoms with Crippen LogP contribution in [0.3, 0.4) is 0 Å². The average molecular weight is 588 g/mol. The monoisotopic (exact) mass is 587 g/mol. The normalized spacial score (nSPS) is 12.7. The topological polar surface area (TPSA) is 194 Å². The third-order valence-electron chi connectivity index (χ3n) is 6.99. The van der Waals surface area contributed by atoms with Gasteiger partial charge in [-0.15, -0.1) is 0 Å². The molecule has 42 heavy (non-hydrogen) atoms. The number of nitrogens with one attached hydrogen (secondary N) is 2. The van der Waals surface area contributed by atoms with Crippen LogP contribution in [0.25, 0.3) is 5.65 Å². The molecule has 14 heteroatoms. The third-order valence-corrected chi connectivity index (χ3v) is 6.99. The van der Waals surface area contributed by atoms with Crippen LogP contribution in [-0.2, 0) is 20.9 Å². The fraction of sp³-hybridized carbons (Fsp3) is 0.393. The van der Waals surface area contributed by atoms with Gasteiger partial charge in [-0.3, -0.25) is 9.59 Å². The molecule has 0 aliphatic carbocycles. The lowest BCUT2D eigenvalue weighted by molar-refractivity contribution is -0.170. The molecule has 2 aromatic heterocycles. The van der Waals surface area contributed by atoms with E-state index in [1.807, 2.05) is 44.4 Å². The van der Waals surface area contributed by atoms with Gasteiger partial charge in [0.05, 0.1) is 29.9 Å². The van der Waals surface area contributed by atoms with Crippen molar-refractivity contribution in [2.45, 2.75) is 59.1 Å². The summed E-state index contributed by atoms with van der Waals surface area (Å²) >= 11 is 0. The highest BCUT2D eigenvalue weighted by Crippen LogP contribution is 2.26. The fourth-order valence-corrected chi connectivity index (χ4v) is 4.41. The second-order valence-electron chi connectivity index (χ2n) is 10.2. The number of pyridine rings is 1. The summed E-state index contributed by atoms with van der Waals surface area (Å²) in [6.07, 6.45) is 0.667. The predicted molar refractivity (Wildman–Crippen MR) is 150 cm³/mol. The molecule has 0 unspecified atom stereocenters. The molecule has 1 aliphatic heterocycles. The van der Waals surface area contributed by atoms with Crippen molar-refractivity contribution in [3.8, 4) is 0 Å². The number of urea groups is 1. The Labute approximate surface area is 240 Å². The number of likely N-dealkylation sites (tertiary alicyclic amines) is 1. The lowest BCUT2D eigenvalue weighted by Crippen LogP contribution is -2.44. The van der Waals surface area contributed by atoms with Crippen LogP contribution in [-0.4, -0.2) is 77.3 Å². The van der Waals surface area contributed by atoms with Crippen molar-refractivity contribution in [1.29, 1.82) is 0 Å². The van der Waals surface area contributed by atoms with Gasteiger partial charge in [-0.05, 0) is 69.0 Å². The first kappa shape index (κ1) is 31.8. The van der Waals surface area contributed by atoms with Crippen LogP contribution in [0.4, 0.5) is 20.6 Å². The zero-order valence-electron chi connectivity index (χ0n) is 23.7. The maximum atomic E-state index is 13.6. The van der Waals surface area contributed by atoms with Crippen LogP contribution in [0.1, 0.15) is 47.3 Å².